The Bertz CT molecular complexity index is 1250. The summed E-state index contributed by atoms with van der Waals surface area (Å²) in [6.45, 7) is 0. The number of nitrogens with one attached hydrogen (secondary N) is 2. The van der Waals surface area contributed by atoms with Gasteiger partial charge in [-0.05, 0) is 47.5 Å². The second-order valence-corrected chi connectivity index (χ2v) is 6.86. The van der Waals surface area contributed by atoms with Gasteiger partial charge in [0.05, 0.1) is 11.3 Å². The number of nitrogen functional groups attached to an aromatic ring is 1. The molecule has 31 heavy (non-hydrogen) atoms. The summed E-state index contributed by atoms with van der Waals surface area (Å²) in [5.41, 5.74) is 8.29. The van der Waals surface area contributed by atoms with Crippen molar-refractivity contribution in [2.45, 2.75) is 6.42 Å². The van der Waals surface area contributed by atoms with Gasteiger partial charge in [0.2, 0.25) is 0 Å². The van der Waals surface area contributed by atoms with Crippen LogP contribution in [0.3, 0.4) is 0 Å². The Hall–Kier alpha value is -4.20. The van der Waals surface area contributed by atoms with E-state index in [1.54, 1.807) is 30.6 Å². The molecule has 2 aromatic heterocycles. The number of aromatic amines is 1. The van der Waals surface area contributed by atoms with Crippen LogP contribution in [0.1, 0.15) is 22.5 Å². The first kappa shape index (κ1) is 20.1. The monoisotopic (exact) mass is 416 g/mol. The number of pyridine rings is 1. The Morgan fingerprint density at radius 3 is 2.68 bits per heavy atom. The van der Waals surface area contributed by atoms with Crippen LogP contribution in [0.4, 0.5) is 14.5 Å². The van der Waals surface area contributed by atoms with Gasteiger partial charge in [0.25, 0.3) is 0 Å². The van der Waals surface area contributed by atoms with Crippen molar-refractivity contribution in [3.63, 3.8) is 0 Å². The molecule has 6 nitrogen and oxygen atoms in total. The molecule has 0 aliphatic carbocycles. The predicted octanol–water partition coefficient (Wildman–Crippen LogP) is 4.40. The fourth-order valence-corrected chi connectivity index (χ4v) is 3.03. The number of halogens is 2. The zero-order valence-corrected chi connectivity index (χ0v) is 16.3. The lowest BCUT2D eigenvalue weighted by Gasteiger charge is -2.08. The van der Waals surface area contributed by atoms with Gasteiger partial charge in [-0.3, -0.25) is 10.1 Å². The van der Waals surface area contributed by atoms with Gasteiger partial charge in [0.1, 0.15) is 17.5 Å². The number of anilines is 1. The van der Waals surface area contributed by atoms with Crippen LogP contribution in [-0.2, 0) is 6.42 Å². The highest BCUT2D eigenvalue weighted by Crippen LogP contribution is 2.26. The van der Waals surface area contributed by atoms with E-state index in [0.717, 1.165) is 17.2 Å². The maximum absolute atomic E-state index is 14.6. The van der Waals surface area contributed by atoms with Gasteiger partial charge >= 0.3 is 0 Å². The van der Waals surface area contributed by atoms with Crippen LogP contribution in [0.2, 0.25) is 0 Å². The van der Waals surface area contributed by atoms with Gasteiger partial charge in [0.15, 0.2) is 5.82 Å². The minimum Gasteiger partial charge on any atom is -0.398 e. The van der Waals surface area contributed by atoms with E-state index < -0.39 is 5.82 Å². The lowest BCUT2D eigenvalue weighted by molar-refractivity contribution is 0.627. The molecule has 0 aliphatic rings. The maximum Gasteiger partial charge on any atom is 0.184 e. The second-order valence-electron chi connectivity index (χ2n) is 6.86. The van der Waals surface area contributed by atoms with Crippen LogP contribution in [0.15, 0.2) is 67.0 Å². The number of benzene rings is 2. The number of rotatable bonds is 6. The highest BCUT2D eigenvalue weighted by atomic mass is 19.1. The molecule has 0 aliphatic heterocycles. The van der Waals surface area contributed by atoms with E-state index in [1.165, 1.54) is 24.3 Å². The van der Waals surface area contributed by atoms with E-state index in [1.807, 2.05) is 12.1 Å². The molecule has 2 aromatic carbocycles. The van der Waals surface area contributed by atoms with Crippen LogP contribution in [0.5, 0.6) is 0 Å². The third-order valence-electron chi connectivity index (χ3n) is 4.61. The van der Waals surface area contributed by atoms with Crippen molar-refractivity contribution in [3.8, 4) is 11.4 Å². The molecule has 0 amide bonds. The summed E-state index contributed by atoms with van der Waals surface area (Å²) in [4.78, 5) is 8.43. The smallest absolute Gasteiger partial charge is 0.184 e. The number of hydrogen-bond acceptors (Lipinski definition) is 5. The zero-order chi connectivity index (χ0) is 21.8. The van der Waals surface area contributed by atoms with Crippen molar-refractivity contribution in [2.75, 3.05) is 5.73 Å². The average molecular weight is 416 g/mol. The third-order valence-corrected chi connectivity index (χ3v) is 4.61. The summed E-state index contributed by atoms with van der Waals surface area (Å²) >= 11 is 0. The molecule has 0 spiro atoms. The van der Waals surface area contributed by atoms with Crippen LogP contribution in [-0.4, -0.2) is 25.9 Å². The van der Waals surface area contributed by atoms with E-state index in [2.05, 4.69) is 20.2 Å². The van der Waals surface area contributed by atoms with E-state index in [4.69, 9.17) is 11.1 Å². The first-order valence-corrected chi connectivity index (χ1v) is 9.42. The van der Waals surface area contributed by atoms with Gasteiger partial charge in [0, 0.05) is 30.1 Å². The van der Waals surface area contributed by atoms with Crippen LogP contribution >= 0.6 is 0 Å². The molecule has 0 saturated heterocycles. The molecule has 0 atom stereocenters. The molecule has 0 radical (unpaired) electrons. The Labute approximate surface area is 177 Å². The average Bonchev–Trinajstić information content (AvgIpc) is 3.22. The number of hydrogen-bond donors (Lipinski definition) is 3. The molecule has 4 aromatic rings. The summed E-state index contributed by atoms with van der Waals surface area (Å²) in [6.07, 6.45) is 7.05. The van der Waals surface area contributed by atoms with Crippen molar-refractivity contribution in [1.82, 2.24) is 20.2 Å². The summed E-state index contributed by atoms with van der Waals surface area (Å²) in [6, 6.07) is 12.2. The Morgan fingerprint density at radius 1 is 1.13 bits per heavy atom. The van der Waals surface area contributed by atoms with Gasteiger partial charge in [-0.1, -0.05) is 24.3 Å². The molecule has 0 bridgehead atoms. The van der Waals surface area contributed by atoms with E-state index in [9.17, 15) is 8.78 Å². The quantitative estimate of drug-likeness (QED) is 0.320. The minimum atomic E-state index is -0.580. The molecule has 4 rings (SSSR count). The van der Waals surface area contributed by atoms with Crippen LogP contribution in [0.25, 0.3) is 17.5 Å². The fraction of sp³-hybridized carbons (Fsp3) is 0.0435. The molecule has 8 heteroatoms. The Balaban J connectivity index is 1.59. The number of aromatic nitrogens is 4. The van der Waals surface area contributed by atoms with Crippen molar-refractivity contribution in [3.05, 3.63) is 101 Å². The van der Waals surface area contributed by atoms with E-state index >= 15 is 0 Å². The molecular formula is C23H18F2N6. The standard InChI is InChI=1S/C23H18F2N6/c24-16-6-3-14(4-7-16)5-8-20(26)18-11-17(19(25)12-21(18)27)23-29-22(30-31-23)10-15-2-1-9-28-13-15/h1-9,11-13,26H,10,27H2,(H,29,30,31)/b8-5+,26-20?. The largest absolute Gasteiger partial charge is 0.398 e. The fourth-order valence-electron chi connectivity index (χ4n) is 3.03. The highest BCUT2D eigenvalue weighted by Gasteiger charge is 2.16. The molecule has 154 valence electrons. The number of allylic oxidation sites excluding steroid dienone is 1. The topological polar surface area (TPSA) is 104 Å². The second kappa shape index (κ2) is 8.66. The third kappa shape index (κ3) is 4.69. The molecule has 0 fully saturated rings. The van der Waals surface area contributed by atoms with Gasteiger partial charge in [-0.15, -0.1) is 0 Å². The summed E-state index contributed by atoms with van der Waals surface area (Å²) in [5.74, 6) is -0.183. The van der Waals surface area contributed by atoms with Gasteiger partial charge in [-0.25, -0.2) is 13.8 Å². The molecule has 0 unspecified atom stereocenters. The van der Waals surface area contributed by atoms with Crippen molar-refractivity contribution < 1.29 is 8.78 Å². The number of nitrogens with zero attached hydrogens (tertiary/aromatic N) is 3. The number of nitrogens with two attached hydrogens (primary N) is 1. The molecule has 4 N–H and O–H groups in total. The van der Waals surface area contributed by atoms with Crippen LogP contribution < -0.4 is 5.73 Å². The maximum atomic E-state index is 14.6. The summed E-state index contributed by atoms with van der Waals surface area (Å²) in [7, 11) is 0. The van der Waals surface area contributed by atoms with E-state index in [0.29, 0.717) is 17.8 Å². The lowest BCUT2D eigenvalue weighted by Crippen LogP contribution is -2.03. The summed E-state index contributed by atoms with van der Waals surface area (Å²) in [5, 5.41) is 15.2. The number of H-pyrrole nitrogens is 1. The van der Waals surface area contributed by atoms with Crippen molar-refractivity contribution in [1.29, 1.82) is 5.41 Å². The molecule has 0 saturated carbocycles. The Morgan fingerprint density at radius 2 is 1.94 bits per heavy atom. The highest BCUT2D eigenvalue weighted by molar-refractivity contribution is 6.12. The normalized spacial score (nSPS) is 11.2. The lowest BCUT2D eigenvalue weighted by atomic mass is 10.0. The van der Waals surface area contributed by atoms with Crippen molar-refractivity contribution >= 4 is 17.5 Å². The van der Waals surface area contributed by atoms with E-state index in [-0.39, 0.29) is 28.6 Å². The first-order chi connectivity index (χ1) is 15.0. The van der Waals surface area contributed by atoms with Gasteiger partial charge < -0.3 is 11.1 Å². The van der Waals surface area contributed by atoms with Crippen molar-refractivity contribution in [2.24, 2.45) is 0 Å². The predicted molar refractivity (Wildman–Crippen MR) is 115 cm³/mol. The first-order valence-electron chi connectivity index (χ1n) is 9.42. The SMILES string of the molecule is N=C(/C=C/c1ccc(F)cc1)c1cc(-c2n[nH]c(Cc3cccnc3)n2)c(F)cc1N. The van der Waals surface area contributed by atoms with Gasteiger partial charge in [-0.2, -0.15) is 5.10 Å². The zero-order valence-electron chi connectivity index (χ0n) is 16.3. The van der Waals surface area contributed by atoms with Crippen LogP contribution in [0, 0.1) is 17.0 Å². The Kier molecular flexibility index (Phi) is 5.61. The summed E-state index contributed by atoms with van der Waals surface area (Å²) < 4.78 is 27.6. The molecular weight excluding hydrogens is 398 g/mol. The minimum absolute atomic E-state index is 0.0780. The molecule has 2 heterocycles.